The van der Waals surface area contributed by atoms with Gasteiger partial charge in [0.1, 0.15) is 11.3 Å². The third kappa shape index (κ3) is 2.98. The molecule has 0 saturated heterocycles. The first kappa shape index (κ1) is 16.4. The topological polar surface area (TPSA) is 28.4 Å². The lowest BCUT2D eigenvalue weighted by molar-refractivity contribution is 0.261. The standard InChI is InChI=1S/C24H24N2O/c1-26(2)20-10-12-24-22(15-20)21-14-19(9-11-23(21)27-24)25-18-8-7-16-5-3-4-6-17(16)13-18/h3-9,11,13-14,20,25H,10,12,15H2,1-2H3. The molecule has 0 saturated carbocycles. The summed E-state index contributed by atoms with van der Waals surface area (Å²) in [7, 11) is 4.34. The Morgan fingerprint density at radius 1 is 0.926 bits per heavy atom. The zero-order valence-corrected chi connectivity index (χ0v) is 15.8. The van der Waals surface area contributed by atoms with Crippen LogP contribution in [0, 0.1) is 0 Å². The summed E-state index contributed by atoms with van der Waals surface area (Å²) in [6, 6.07) is 22.0. The van der Waals surface area contributed by atoms with Crippen LogP contribution in [0.1, 0.15) is 17.7 Å². The van der Waals surface area contributed by atoms with Gasteiger partial charge in [0.15, 0.2) is 0 Å². The van der Waals surface area contributed by atoms with Crippen LogP contribution in [0.5, 0.6) is 0 Å². The molecule has 0 spiro atoms. The zero-order valence-electron chi connectivity index (χ0n) is 15.8. The Morgan fingerprint density at radius 2 is 1.70 bits per heavy atom. The Balaban J connectivity index is 1.49. The van der Waals surface area contributed by atoms with Gasteiger partial charge in [-0.2, -0.15) is 0 Å². The minimum atomic E-state index is 0.593. The van der Waals surface area contributed by atoms with Gasteiger partial charge in [-0.25, -0.2) is 0 Å². The predicted molar refractivity (Wildman–Crippen MR) is 113 cm³/mol. The molecule has 3 aromatic carbocycles. The lowest BCUT2D eigenvalue weighted by Crippen LogP contribution is -2.33. The molecule has 0 bridgehead atoms. The zero-order chi connectivity index (χ0) is 18.4. The van der Waals surface area contributed by atoms with Crippen LogP contribution in [0.3, 0.4) is 0 Å². The number of furan rings is 1. The van der Waals surface area contributed by atoms with Crippen LogP contribution >= 0.6 is 0 Å². The van der Waals surface area contributed by atoms with Crippen LogP contribution in [0.2, 0.25) is 0 Å². The number of hydrogen-bond donors (Lipinski definition) is 1. The lowest BCUT2D eigenvalue weighted by Gasteiger charge is -2.27. The van der Waals surface area contributed by atoms with Crippen LogP contribution in [0.15, 0.2) is 65.1 Å². The predicted octanol–water partition coefficient (Wildman–Crippen LogP) is 5.75. The molecular weight excluding hydrogens is 332 g/mol. The highest BCUT2D eigenvalue weighted by Crippen LogP contribution is 2.35. The van der Waals surface area contributed by atoms with Crippen molar-refractivity contribution in [1.82, 2.24) is 4.90 Å². The van der Waals surface area contributed by atoms with E-state index in [1.807, 2.05) is 0 Å². The van der Waals surface area contributed by atoms with Crippen molar-refractivity contribution in [3.05, 3.63) is 72.0 Å². The summed E-state index contributed by atoms with van der Waals surface area (Å²) in [5.41, 5.74) is 4.60. The van der Waals surface area contributed by atoms with Crippen molar-refractivity contribution in [2.45, 2.75) is 25.3 Å². The molecule has 5 rings (SSSR count). The van der Waals surface area contributed by atoms with Crippen LogP contribution in [-0.4, -0.2) is 25.0 Å². The van der Waals surface area contributed by atoms with E-state index in [9.17, 15) is 0 Å². The van der Waals surface area contributed by atoms with Gasteiger partial charge in [0.25, 0.3) is 0 Å². The van der Waals surface area contributed by atoms with E-state index >= 15 is 0 Å². The van der Waals surface area contributed by atoms with E-state index in [0.717, 1.165) is 29.8 Å². The number of likely N-dealkylation sites (N-methyl/N-ethyl adjacent to an activating group) is 1. The van der Waals surface area contributed by atoms with Crippen molar-refractivity contribution >= 4 is 33.1 Å². The van der Waals surface area contributed by atoms with Gasteiger partial charge in [0, 0.05) is 34.8 Å². The van der Waals surface area contributed by atoms with Gasteiger partial charge < -0.3 is 14.6 Å². The SMILES string of the molecule is CN(C)C1CCc2oc3ccc(Nc4ccc5ccccc5c4)cc3c2C1. The first-order valence-corrected chi connectivity index (χ1v) is 9.64. The van der Waals surface area contributed by atoms with Gasteiger partial charge in [0.05, 0.1) is 0 Å². The molecular formula is C24H24N2O. The van der Waals surface area contributed by atoms with Gasteiger partial charge in [-0.1, -0.05) is 30.3 Å². The maximum absolute atomic E-state index is 6.14. The number of nitrogens with zero attached hydrogens (tertiary/aromatic N) is 1. The smallest absolute Gasteiger partial charge is 0.134 e. The highest BCUT2D eigenvalue weighted by Gasteiger charge is 2.25. The van der Waals surface area contributed by atoms with Crippen LogP contribution in [0.25, 0.3) is 21.7 Å². The van der Waals surface area contributed by atoms with E-state index < -0.39 is 0 Å². The number of aryl methyl sites for hydroxylation is 1. The molecule has 3 heteroatoms. The Morgan fingerprint density at radius 3 is 2.56 bits per heavy atom. The van der Waals surface area contributed by atoms with E-state index in [1.165, 1.54) is 33.9 Å². The molecule has 4 aromatic rings. The van der Waals surface area contributed by atoms with Crippen molar-refractivity contribution in [3.8, 4) is 0 Å². The minimum absolute atomic E-state index is 0.593. The number of fused-ring (bicyclic) bond motifs is 4. The summed E-state index contributed by atoms with van der Waals surface area (Å²) in [6.45, 7) is 0. The molecule has 1 aliphatic rings. The van der Waals surface area contributed by atoms with E-state index in [2.05, 4.69) is 85.0 Å². The third-order valence-corrected chi connectivity index (χ3v) is 5.79. The molecule has 27 heavy (non-hydrogen) atoms. The van der Waals surface area contributed by atoms with Gasteiger partial charge >= 0.3 is 0 Å². The number of benzene rings is 3. The van der Waals surface area contributed by atoms with Crippen molar-refractivity contribution in [2.75, 3.05) is 19.4 Å². The highest BCUT2D eigenvalue weighted by atomic mass is 16.3. The molecule has 1 aromatic heterocycles. The summed E-state index contributed by atoms with van der Waals surface area (Å²) in [5.74, 6) is 1.17. The van der Waals surface area contributed by atoms with Crippen molar-refractivity contribution in [2.24, 2.45) is 0 Å². The Bertz CT molecular complexity index is 1130. The second-order valence-electron chi connectivity index (χ2n) is 7.76. The Hall–Kier alpha value is -2.78. The van der Waals surface area contributed by atoms with Gasteiger partial charge in [-0.05, 0) is 68.0 Å². The van der Waals surface area contributed by atoms with Gasteiger partial charge in [-0.15, -0.1) is 0 Å². The largest absolute Gasteiger partial charge is 0.461 e. The molecule has 1 unspecified atom stereocenters. The minimum Gasteiger partial charge on any atom is -0.461 e. The van der Waals surface area contributed by atoms with E-state index in [1.54, 1.807) is 0 Å². The fourth-order valence-corrected chi connectivity index (χ4v) is 4.21. The van der Waals surface area contributed by atoms with Crippen molar-refractivity contribution in [1.29, 1.82) is 0 Å². The maximum atomic E-state index is 6.14. The number of nitrogens with one attached hydrogen (secondary N) is 1. The fourth-order valence-electron chi connectivity index (χ4n) is 4.21. The molecule has 1 heterocycles. The summed E-state index contributed by atoms with van der Waals surface area (Å²) in [5, 5.41) is 7.33. The summed E-state index contributed by atoms with van der Waals surface area (Å²) >= 11 is 0. The van der Waals surface area contributed by atoms with E-state index in [4.69, 9.17) is 4.42 Å². The molecule has 0 fully saturated rings. The van der Waals surface area contributed by atoms with Crippen molar-refractivity contribution < 1.29 is 4.42 Å². The third-order valence-electron chi connectivity index (χ3n) is 5.79. The molecule has 0 amide bonds. The van der Waals surface area contributed by atoms with Crippen LogP contribution in [0.4, 0.5) is 11.4 Å². The molecule has 3 nitrogen and oxygen atoms in total. The average molecular weight is 356 g/mol. The molecule has 136 valence electrons. The van der Waals surface area contributed by atoms with Gasteiger partial charge in [-0.3, -0.25) is 0 Å². The Labute approximate surface area is 159 Å². The first-order chi connectivity index (χ1) is 13.2. The number of anilines is 2. The molecule has 1 N–H and O–H groups in total. The molecule has 0 radical (unpaired) electrons. The molecule has 1 atom stereocenters. The second-order valence-corrected chi connectivity index (χ2v) is 7.76. The quantitative estimate of drug-likeness (QED) is 0.507. The maximum Gasteiger partial charge on any atom is 0.134 e. The first-order valence-electron chi connectivity index (χ1n) is 9.64. The summed E-state index contributed by atoms with van der Waals surface area (Å²) in [6.07, 6.45) is 3.26. The van der Waals surface area contributed by atoms with Crippen LogP contribution < -0.4 is 5.32 Å². The lowest BCUT2D eigenvalue weighted by atomic mass is 9.91. The van der Waals surface area contributed by atoms with E-state index in [-0.39, 0.29) is 0 Å². The van der Waals surface area contributed by atoms with Crippen LogP contribution in [-0.2, 0) is 12.8 Å². The summed E-state index contributed by atoms with van der Waals surface area (Å²) < 4.78 is 6.14. The van der Waals surface area contributed by atoms with Crippen molar-refractivity contribution in [3.63, 3.8) is 0 Å². The number of rotatable bonds is 3. The normalized spacial score (nSPS) is 16.8. The monoisotopic (exact) mass is 356 g/mol. The molecule has 0 aliphatic heterocycles. The average Bonchev–Trinajstić information content (AvgIpc) is 3.05. The molecule has 1 aliphatic carbocycles. The Kier molecular flexibility index (Phi) is 3.91. The highest BCUT2D eigenvalue weighted by molar-refractivity contribution is 5.89. The fraction of sp³-hybridized carbons (Fsp3) is 0.250. The number of hydrogen-bond acceptors (Lipinski definition) is 3. The summed E-state index contributed by atoms with van der Waals surface area (Å²) in [4.78, 5) is 2.33. The van der Waals surface area contributed by atoms with E-state index in [0.29, 0.717) is 6.04 Å². The second kappa shape index (κ2) is 6.43. The van der Waals surface area contributed by atoms with Gasteiger partial charge in [0.2, 0.25) is 0 Å².